The van der Waals surface area contributed by atoms with Gasteiger partial charge in [0.15, 0.2) is 0 Å². The van der Waals surface area contributed by atoms with Crippen LogP contribution in [0.25, 0.3) is 0 Å². The molecule has 1 amide bonds. The van der Waals surface area contributed by atoms with E-state index in [0.29, 0.717) is 18.3 Å². The summed E-state index contributed by atoms with van der Waals surface area (Å²) in [6.07, 6.45) is 8.58. The Morgan fingerprint density at radius 1 is 1.50 bits per heavy atom. The van der Waals surface area contributed by atoms with Gasteiger partial charge in [0.05, 0.1) is 6.20 Å². The van der Waals surface area contributed by atoms with Crippen molar-refractivity contribution in [1.29, 1.82) is 0 Å². The molecule has 1 aromatic heterocycles. The molecule has 3 rings (SSSR count). The summed E-state index contributed by atoms with van der Waals surface area (Å²) in [5, 5.41) is 16.8. The van der Waals surface area contributed by atoms with Gasteiger partial charge in [-0.05, 0) is 43.1 Å². The second-order valence-corrected chi connectivity index (χ2v) is 6.30. The monoisotopic (exact) mass is 277 g/mol. The fourth-order valence-electron chi connectivity index (χ4n) is 4.01. The van der Waals surface area contributed by atoms with Crippen molar-refractivity contribution in [3.8, 4) is 0 Å². The predicted octanol–water partition coefficient (Wildman–Crippen LogP) is 0.876. The van der Waals surface area contributed by atoms with Gasteiger partial charge in [0.1, 0.15) is 0 Å². The molecule has 5 nitrogen and oxygen atoms in total. The van der Waals surface area contributed by atoms with Crippen molar-refractivity contribution in [1.82, 2.24) is 15.1 Å². The number of nitrogens with one attached hydrogen (secondary N) is 1. The van der Waals surface area contributed by atoms with Crippen molar-refractivity contribution in [2.24, 2.45) is 24.8 Å². The summed E-state index contributed by atoms with van der Waals surface area (Å²) in [7, 11) is 1.88. The second kappa shape index (κ2) is 5.56. The Kier molecular flexibility index (Phi) is 3.78. The Morgan fingerprint density at radius 2 is 2.30 bits per heavy atom. The average molecular weight is 277 g/mol. The van der Waals surface area contributed by atoms with Gasteiger partial charge in [-0.3, -0.25) is 9.48 Å². The quantitative estimate of drug-likeness (QED) is 0.839. The van der Waals surface area contributed by atoms with Gasteiger partial charge in [-0.1, -0.05) is 0 Å². The summed E-state index contributed by atoms with van der Waals surface area (Å²) in [6.45, 7) is 0.203. The third-order valence-electron chi connectivity index (χ3n) is 5.03. The molecule has 2 bridgehead atoms. The summed E-state index contributed by atoms with van der Waals surface area (Å²) >= 11 is 0. The maximum absolute atomic E-state index is 12.1. The van der Waals surface area contributed by atoms with E-state index in [1.54, 1.807) is 10.9 Å². The molecule has 4 unspecified atom stereocenters. The van der Waals surface area contributed by atoms with E-state index in [1.165, 1.54) is 19.3 Å². The van der Waals surface area contributed by atoms with Crippen molar-refractivity contribution in [3.05, 3.63) is 18.0 Å². The van der Waals surface area contributed by atoms with Crippen LogP contribution in [-0.2, 0) is 18.3 Å². The first-order valence-corrected chi connectivity index (χ1v) is 7.55. The number of fused-ring (bicyclic) bond motifs is 2. The summed E-state index contributed by atoms with van der Waals surface area (Å²) in [5.41, 5.74) is 1.09. The third kappa shape index (κ3) is 2.59. The van der Waals surface area contributed by atoms with Crippen molar-refractivity contribution in [2.45, 2.75) is 38.1 Å². The number of aliphatic hydroxyl groups excluding tert-OH is 1. The first-order chi connectivity index (χ1) is 9.67. The van der Waals surface area contributed by atoms with E-state index in [2.05, 4.69) is 10.4 Å². The van der Waals surface area contributed by atoms with E-state index >= 15 is 0 Å². The summed E-state index contributed by atoms with van der Waals surface area (Å²) in [5.74, 6) is 1.58. The largest absolute Gasteiger partial charge is 0.396 e. The highest BCUT2D eigenvalue weighted by molar-refractivity contribution is 5.76. The Bertz CT molecular complexity index is 485. The maximum atomic E-state index is 12.1. The smallest absolute Gasteiger partial charge is 0.220 e. The van der Waals surface area contributed by atoms with Crippen LogP contribution in [0.4, 0.5) is 0 Å². The number of rotatable bonds is 5. The van der Waals surface area contributed by atoms with Gasteiger partial charge in [-0.2, -0.15) is 5.10 Å². The molecule has 0 spiro atoms. The zero-order valence-electron chi connectivity index (χ0n) is 12.0. The molecule has 1 heterocycles. The summed E-state index contributed by atoms with van der Waals surface area (Å²) < 4.78 is 1.75. The number of aliphatic hydroxyl groups is 1. The van der Waals surface area contributed by atoms with Crippen molar-refractivity contribution >= 4 is 5.91 Å². The first kappa shape index (κ1) is 13.6. The molecule has 0 aliphatic heterocycles. The Balaban J connectivity index is 1.51. The Labute approximate surface area is 119 Å². The highest BCUT2D eigenvalue weighted by Gasteiger charge is 2.47. The molecule has 5 heteroatoms. The van der Waals surface area contributed by atoms with Gasteiger partial charge in [0, 0.05) is 38.2 Å². The van der Waals surface area contributed by atoms with Gasteiger partial charge in [0.25, 0.3) is 0 Å². The van der Waals surface area contributed by atoms with Gasteiger partial charge in [-0.15, -0.1) is 0 Å². The fraction of sp³-hybridized carbons (Fsp3) is 0.733. The standard InChI is InChI=1S/C15H23N3O2/c1-18-8-10(7-16-18)2-5-14(20)17-15-12-4-3-11(6-12)13(15)9-19/h7-8,11-13,15,19H,2-6,9H2,1H3,(H,17,20). The zero-order valence-corrected chi connectivity index (χ0v) is 12.0. The molecule has 2 aliphatic carbocycles. The van der Waals surface area contributed by atoms with Crippen LogP contribution < -0.4 is 5.32 Å². The van der Waals surface area contributed by atoms with E-state index < -0.39 is 0 Å². The maximum Gasteiger partial charge on any atom is 0.220 e. The number of amides is 1. The Hall–Kier alpha value is -1.36. The lowest BCUT2D eigenvalue weighted by atomic mass is 9.85. The SMILES string of the molecule is Cn1cc(CCC(=O)NC2C3CCC(C3)C2CO)cn1. The normalized spacial score (nSPS) is 31.7. The van der Waals surface area contributed by atoms with E-state index in [-0.39, 0.29) is 24.5 Å². The number of nitrogens with zero attached hydrogens (tertiary/aromatic N) is 2. The van der Waals surface area contributed by atoms with Crippen LogP contribution in [0.3, 0.4) is 0 Å². The Morgan fingerprint density at radius 3 is 3.00 bits per heavy atom. The molecule has 2 aliphatic rings. The van der Waals surface area contributed by atoms with E-state index in [0.717, 1.165) is 12.0 Å². The number of hydrogen-bond donors (Lipinski definition) is 2. The number of aromatic nitrogens is 2. The molecule has 4 atom stereocenters. The van der Waals surface area contributed by atoms with E-state index in [9.17, 15) is 9.90 Å². The topological polar surface area (TPSA) is 67.2 Å². The molecule has 2 N–H and O–H groups in total. The molecule has 110 valence electrons. The molecule has 0 saturated heterocycles. The zero-order chi connectivity index (χ0) is 14.1. The number of carbonyl (C=O) groups excluding carboxylic acids is 1. The lowest BCUT2D eigenvalue weighted by Crippen LogP contribution is -2.45. The number of aryl methyl sites for hydroxylation is 2. The van der Waals surface area contributed by atoms with Crippen molar-refractivity contribution in [2.75, 3.05) is 6.61 Å². The molecule has 20 heavy (non-hydrogen) atoms. The van der Waals surface area contributed by atoms with Gasteiger partial charge >= 0.3 is 0 Å². The van der Waals surface area contributed by atoms with E-state index in [4.69, 9.17) is 0 Å². The average Bonchev–Trinajstić information content (AvgIpc) is 3.12. The van der Waals surface area contributed by atoms with Gasteiger partial charge in [-0.25, -0.2) is 0 Å². The van der Waals surface area contributed by atoms with Crippen LogP contribution in [0.15, 0.2) is 12.4 Å². The highest BCUT2D eigenvalue weighted by atomic mass is 16.3. The highest BCUT2D eigenvalue weighted by Crippen LogP contribution is 2.48. The predicted molar refractivity (Wildman–Crippen MR) is 74.9 cm³/mol. The minimum atomic E-state index is 0.102. The van der Waals surface area contributed by atoms with Crippen LogP contribution in [0.2, 0.25) is 0 Å². The molecule has 0 radical (unpaired) electrons. The van der Waals surface area contributed by atoms with E-state index in [1.807, 2.05) is 13.2 Å². The summed E-state index contributed by atoms with van der Waals surface area (Å²) in [4.78, 5) is 12.1. The van der Waals surface area contributed by atoms with Crippen LogP contribution in [-0.4, -0.2) is 33.4 Å². The third-order valence-corrected chi connectivity index (χ3v) is 5.03. The lowest BCUT2D eigenvalue weighted by molar-refractivity contribution is -0.122. The van der Waals surface area contributed by atoms with Crippen molar-refractivity contribution < 1.29 is 9.90 Å². The molecule has 2 fully saturated rings. The van der Waals surface area contributed by atoms with Crippen LogP contribution in [0.5, 0.6) is 0 Å². The molecule has 2 saturated carbocycles. The lowest BCUT2D eigenvalue weighted by Gasteiger charge is -2.30. The molecule has 1 aromatic rings. The van der Waals surface area contributed by atoms with Crippen molar-refractivity contribution in [3.63, 3.8) is 0 Å². The first-order valence-electron chi connectivity index (χ1n) is 7.55. The molecular weight excluding hydrogens is 254 g/mol. The van der Waals surface area contributed by atoms with Gasteiger partial charge in [0.2, 0.25) is 5.91 Å². The second-order valence-electron chi connectivity index (χ2n) is 6.30. The van der Waals surface area contributed by atoms with Crippen LogP contribution >= 0.6 is 0 Å². The minimum Gasteiger partial charge on any atom is -0.396 e. The summed E-state index contributed by atoms with van der Waals surface area (Å²) in [6, 6.07) is 0.195. The minimum absolute atomic E-state index is 0.102. The molecular formula is C15H23N3O2. The number of hydrogen-bond acceptors (Lipinski definition) is 3. The van der Waals surface area contributed by atoms with Crippen LogP contribution in [0, 0.1) is 17.8 Å². The fourth-order valence-corrected chi connectivity index (χ4v) is 4.01. The number of carbonyl (C=O) groups is 1. The van der Waals surface area contributed by atoms with Crippen LogP contribution in [0.1, 0.15) is 31.2 Å². The van der Waals surface area contributed by atoms with Gasteiger partial charge < -0.3 is 10.4 Å². The molecule has 0 aromatic carbocycles.